The zero-order valence-corrected chi connectivity index (χ0v) is 6.75. The smallest absolute Gasteiger partial charge is 0.358 e. The van der Waals surface area contributed by atoms with E-state index in [-0.39, 0.29) is 11.4 Å². The van der Waals surface area contributed by atoms with Crippen molar-refractivity contribution in [2.75, 3.05) is 12.8 Å². The molecule has 1 rings (SSSR count). The number of nitrogens with zero attached hydrogens (tertiary/aromatic N) is 1. The number of ether oxygens (including phenoxy) is 1. The molecule has 0 amide bonds. The molecule has 0 radical (unpaired) electrons. The first-order valence-corrected chi connectivity index (χ1v) is 3.20. The first-order chi connectivity index (χ1) is 5.57. The number of hydrogen-bond acceptors (Lipinski definition) is 4. The van der Waals surface area contributed by atoms with E-state index in [4.69, 9.17) is 5.73 Å². The third-order valence-corrected chi connectivity index (χ3v) is 1.47. The van der Waals surface area contributed by atoms with Crippen molar-refractivity contribution in [2.24, 2.45) is 7.05 Å². The van der Waals surface area contributed by atoms with E-state index in [2.05, 4.69) is 9.84 Å². The molecule has 0 aliphatic heterocycles. The van der Waals surface area contributed by atoms with Gasteiger partial charge in [0.05, 0.1) is 7.11 Å². The first-order valence-electron chi connectivity index (χ1n) is 3.20. The maximum absolute atomic E-state index is 11.0. The van der Waals surface area contributed by atoms with Crippen LogP contribution in [0.25, 0.3) is 0 Å². The fraction of sp³-hybridized carbons (Fsp3) is 0.333. The monoisotopic (exact) mass is 171 g/mol. The van der Waals surface area contributed by atoms with Gasteiger partial charge in [-0.1, -0.05) is 0 Å². The molecule has 66 valence electrons. The van der Waals surface area contributed by atoms with E-state index in [0.717, 1.165) is 4.68 Å². The van der Waals surface area contributed by atoms with Gasteiger partial charge in [-0.05, 0) is 0 Å². The highest BCUT2D eigenvalue weighted by molar-refractivity contribution is 5.92. The number of carbonyl (C=O) groups excluding carboxylic acids is 1. The van der Waals surface area contributed by atoms with Gasteiger partial charge in [-0.25, -0.2) is 4.79 Å². The van der Waals surface area contributed by atoms with E-state index in [1.165, 1.54) is 14.2 Å². The lowest BCUT2D eigenvalue weighted by Gasteiger charge is -1.94. The topological polar surface area (TPSA) is 90.1 Å². The minimum Gasteiger partial charge on any atom is -0.464 e. The van der Waals surface area contributed by atoms with Gasteiger partial charge in [0.1, 0.15) is 5.69 Å². The number of H-pyrrole nitrogens is 1. The van der Waals surface area contributed by atoms with Crippen molar-refractivity contribution in [1.29, 1.82) is 0 Å². The number of anilines is 1. The summed E-state index contributed by atoms with van der Waals surface area (Å²) in [6.45, 7) is 0. The van der Waals surface area contributed by atoms with Gasteiger partial charge >= 0.3 is 5.97 Å². The summed E-state index contributed by atoms with van der Waals surface area (Å²) in [5, 5.41) is 2.47. The summed E-state index contributed by atoms with van der Waals surface area (Å²) in [4.78, 5) is 21.9. The SMILES string of the molecule is COC(=O)c1[nH]n(C)c(=O)c1N. The number of aromatic amines is 1. The van der Waals surface area contributed by atoms with Crippen molar-refractivity contribution in [1.82, 2.24) is 9.78 Å². The van der Waals surface area contributed by atoms with Crippen LogP contribution in [-0.4, -0.2) is 22.9 Å². The molecule has 0 bridgehead atoms. The van der Waals surface area contributed by atoms with Gasteiger partial charge in [-0.15, -0.1) is 0 Å². The molecular formula is C6H9N3O3. The van der Waals surface area contributed by atoms with E-state index in [1.807, 2.05) is 0 Å². The Balaban J connectivity index is 3.27. The molecule has 0 aliphatic carbocycles. The number of aryl methyl sites for hydroxylation is 1. The molecule has 3 N–H and O–H groups in total. The van der Waals surface area contributed by atoms with Crippen LogP contribution >= 0.6 is 0 Å². The van der Waals surface area contributed by atoms with Crippen molar-refractivity contribution < 1.29 is 9.53 Å². The predicted octanol–water partition coefficient (Wildman–Crippen LogP) is -0.918. The maximum Gasteiger partial charge on any atom is 0.358 e. The molecule has 1 heterocycles. The van der Waals surface area contributed by atoms with E-state index >= 15 is 0 Å². The highest BCUT2D eigenvalue weighted by Crippen LogP contribution is 2.02. The Morgan fingerprint density at radius 2 is 2.25 bits per heavy atom. The second kappa shape index (κ2) is 2.72. The molecule has 0 fully saturated rings. The number of aromatic nitrogens is 2. The van der Waals surface area contributed by atoms with Crippen molar-refractivity contribution in [2.45, 2.75) is 0 Å². The normalized spacial score (nSPS) is 9.83. The Hall–Kier alpha value is -1.72. The third-order valence-electron chi connectivity index (χ3n) is 1.47. The summed E-state index contributed by atoms with van der Waals surface area (Å²) < 4.78 is 5.50. The zero-order valence-electron chi connectivity index (χ0n) is 6.75. The van der Waals surface area contributed by atoms with Crippen LogP contribution in [0.5, 0.6) is 0 Å². The highest BCUT2D eigenvalue weighted by atomic mass is 16.5. The number of nitrogen functional groups attached to an aromatic ring is 1. The molecule has 0 aliphatic rings. The summed E-state index contributed by atoms with van der Waals surface area (Å²) in [5.41, 5.74) is 4.75. The summed E-state index contributed by atoms with van der Waals surface area (Å²) in [5.74, 6) is -0.648. The van der Waals surface area contributed by atoms with Gasteiger partial charge < -0.3 is 10.5 Å². The number of nitrogens with two attached hydrogens (primary N) is 1. The molecule has 0 unspecified atom stereocenters. The zero-order chi connectivity index (χ0) is 9.30. The van der Waals surface area contributed by atoms with E-state index in [9.17, 15) is 9.59 Å². The van der Waals surface area contributed by atoms with E-state index in [1.54, 1.807) is 0 Å². The van der Waals surface area contributed by atoms with Gasteiger partial charge in [-0.3, -0.25) is 14.6 Å². The molecule has 0 atom stereocenters. The highest BCUT2D eigenvalue weighted by Gasteiger charge is 2.16. The van der Waals surface area contributed by atoms with Crippen LogP contribution in [0.3, 0.4) is 0 Å². The van der Waals surface area contributed by atoms with E-state index in [0.29, 0.717) is 0 Å². The summed E-state index contributed by atoms with van der Waals surface area (Å²) >= 11 is 0. The fourth-order valence-electron chi connectivity index (χ4n) is 0.824. The second-order valence-electron chi connectivity index (χ2n) is 2.26. The van der Waals surface area contributed by atoms with Crippen LogP contribution < -0.4 is 11.3 Å². The van der Waals surface area contributed by atoms with Crippen molar-refractivity contribution in [3.8, 4) is 0 Å². The second-order valence-corrected chi connectivity index (χ2v) is 2.26. The van der Waals surface area contributed by atoms with Crippen LogP contribution in [0.1, 0.15) is 10.5 Å². The largest absolute Gasteiger partial charge is 0.464 e. The van der Waals surface area contributed by atoms with Gasteiger partial charge in [0.2, 0.25) is 0 Å². The van der Waals surface area contributed by atoms with Crippen LogP contribution in [0, 0.1) is 0 Å². The van der Waals surface area contributed by atoms with Gasteiger partial charge in [0, 0.05) is 7.05 Å². The average molecular weight is 171 g/mol. The minimum atomic E-state index is -0.648. The molecule has 6 heteroatoms. The van der Waals surface area contributed by atoms with Gasteiger partial charge in [0.15, 0.2) is 5.69 Å². The minimum absolute atomic E-state index is 0.00926. The average Bonchev–Trinajstić information content (AvgIpc) is 2.32. The summed E-state index contributed by atoms with van der Waals surface area (Å²) in [6.07, 6.45) is 0. The Bertz CT molecular complexity index is 363. The molecule has 1 aromatic heterocycles. The van der Waals surface area contributed by atoms with Crippen LogP contribution in [0.15, 0.2) is 4.79 Å². The van der Waals surface area contributed by atoms with Gasteiger partial charge in [0.25, 0.3) is 5.56 Å². The Morgan fingerprint density at radius 1 is 1.67 bits per heavy atom. The molecule has 0 spiro atoms. The Kier molecular flexibility index (Phi) is 1.90. The van der Waals surface area contributed by atoms with E-state index < -0.39 is 11.5 Å². The molecule has 0 saturated heterocycles. The number of methoxy groups -OCH3 is 1. The third kappa shape index (κ3) is 1.07. The van der Waals surface area contributed by atoms with Crippen molar-refractivity contribution in [3.05, 3.63) is 16.0 Å². The molecule has 12 heavy (non-hydrogen) atoms. The molecule has 0 aromatic carbocycles. The Labute approximate surface area is 67.9 Å². The lowest BCUT2D eigenvalue weighted by molar-refractivity contribution is 0.0594. The number of carbonyl (C=O) groups is 1. The predicted molar refractivity (Wildman–Crippen MR) is 41.8 cm³/mol. The fourth-order valence-corrected chi connectivity index (χ4v) is 0.824. The number of nitrogens with one attached hydrogen (secondary N) is 1. The molecular weight excluding hydrogens is 162 g/mol. The molecule has 0 saturated carbocycles. The number of hydrogen-bond donors (Lipinski definition) is 2. The molecule has 1 aromatic rings. The number of rotatable bonds is 1. The number of esters is 1. The standard InChI is InChI=1S/C6H9N3O3/c1-9-5(10)3(7)4(8-9)6(11)12-2/h8H,7H2,1-2H3. The summed E-state index contributed by atoms with van der Waals surface area (Å²) in [7, 11) is 2.68. The maximum atomic E-state index is 11.0. The van der Waals surface area contributed by atoms with Crippen molar-refractivity contribution in [3.63, 3.8) is 0 Å². The van der Waals surface area contributed by atoms with Crippen LogP contribution in [0.2, 0.25) is 0 Å². The Morgan fingerprint density at radius 3 is 2.58 bits per heavy atom. The van der Waals surface area contributed by atoms with Gasteiger partial charge in [-0.2, -0.15) is 0 Å². The van der Waals surface area contributed by atoms with Crippen LogP contribution in [-0.2, 0) is 11.8 Å². The van der Waals surface area contributed by atoms with Crippen molar-refractivity contribution >= 4 is 11.7 Å². The lowest BCUT2D eigenvalue weighted by Crippen LogP contribution is -2.14. The summed E-state index contributed by atoms with van der Waals surface area (Å²) in [6, 6.07) is 0. The van der Waals surface area contributed by atoms with Crippen LogP contribution in [0.4, 0.5) is 5.69 Å². The lowest BCUT2D eigenvalue weighted by atomic mass is 10.4. The molecule has 6 nitrogen and oxygen atoms in total. The quantitative estimate of drug-likeness (QED) is 0.535. The first kappa shape index (κ1) is 8.38.